The molecule has 0 radical (unpaired) electrons. The van der Waals surface area contributed by atoms with Gasteiger partial charge in [0.25, 0.3) is 5.56 Å². The van der Waals surface area contributed by atoms with E-state index in [2.05, 4.69) is 15.1 Å². The van der Waals surface area contributed by atoms with Crippen molar-refractivity contribution >= 4 is 22.0 Å². The quantitative estimate of drug-likeness (QED) is 0.420. The van der Waals surface area contributed by atoms with Crippen molar-refractivity contribution in [1.82, 2.24) is 19.7 Å². The summed E-state index contributed by atoms with van der Waals surface area (Å²) < 4.78 is 13.1. The van der Waals surface area contributed by atoms with Gasteiger partial charge >= 0.3 is 6.01 Å². The van der Waals surface area contributed by atoms with Gasteiger partial charge in [-0.05, 0) is 29.8 Å². The number of hydrogen-bond acceptors (Lipinski definition) is 6. The first-order valence-electron chi connectivity index (χ1n) is 10.5. The maximum absolute atomic E-state index is 13.0. The number of aromatic nitrogens is 4. The molecule has 0 aliphatic rings. The van der Waals surface area contributed by atoms with Gasteiger partial charge in [-0.3, -0.25) is 14.6 Å². The van der Waals surface area contributed by atoms with Crippen molar-refractivity contribution in [2.75, 3.05) is 0 Å². The van der Waals surface area contributed by atoms with Crippen molar-refractivity contribution in [2.45, 2.75) is 0 Å². The molecule has 0 spiro atoms. The van der Waals surface area contributed by atoms with E-state index in [9.17, 15) is 9.59 Å². The second-order valence-electron chi connectivity index (χ2n) is 7.60. The molecule has 6 aromatic rings. The maximum Gasteiger partial charge on any atom is 0.304 e. The van der Waals surface area contributed by atoms with Gasteiger partial charge in [-0.25, -0.2) is 4.68 Å². The fourth-order valence-corrected chi connectivity index (χ4v) is 3.81. The average molecular weight is 448 g/mol. The zero-order valence-electron chi connectivity index (χ0n) is 17.6. The summed E-state index contributed by atoms with van der Waals surface area (Å²) >= 11 is 0. The summed E-state index contributed by atoms with van der Waals surface area (Å²) in [6.45, 7) is 0. The summed E-state index contributed by atoms with van der Waals surface area (Å²) in [4.78, 5) is 32.6. The Labute approximate surface area is 191 Å². The lowest BCUT2D eigenvalue weighted by atomic mass is 10.1. The van der Waals surface area contributed by atoms with Crippen LogP contribution in [0.2, 0.25) is 0 Å². The molecule has 34 heavy (non-hydrogen) atoms. The molecular formula is C26H16N4O4. The fourth-order valence-electron chi connectivity index (χ4n) is 3.81. The van der Waals surface area contributed by atoms with Crippen LogP contribution in [-0.4, -0.2) is 19.7 Å². The predicted molar refractivity (Wildman–Crippen MR) is 127 cm³/mol. The molecule has 0 aliphatic carbocycles. The van der Waals surface area contributed by atoms with Crippen molar-refractivity contribution in [3.63, 3.8) is 0 Å². The van der Waals surface area contributed by atoms with Crippen LogP contribution in [0.3, 0.4) is 0 Å². The van der Waals surface area contributed by atoms with Gasteiger partial charge in [0.1, 0.15) is 23.0 Å². The monoisotopic (exact) mass is 448 g/mol. The first-order chi connectivity index (χ1) is 16.7. The van der Waals surface area contributed by atoms with Crippen LogP contribution < -0.4 is 15.7 Å². The molecule has 3 aromatic heterocycles. The number of para-hydroxylation sites is 1. The molecule has 0 aliphatic heterocycles. The van der Waals surface area contributed by atoms with Gasteiger partial charge in [0, 0.05) is 6.07 Å². The van der Waals surface area contributed by atoms with E-state index in [4.69, 9.17) is 9.15 Å². The third-order valence-electron chi connectivity index (χ3n) is 5.46. The van der Waals surface area contributed by atoms with Crippen LogP contribution in [0.4, 0.5) is 0 Å². The van der Waals surface area contributed by atoms with E-state index < -0.39 is 0 Å². The van der Waals surface area contributed by atoms with Gasteiger partial charge in [0.2, 0.25) is 0 Å². The van der Waals surface area contributed by atoms with Crippen LogP contribution in [0.5, 0.6) is 11.8 Å². The number of hydrogen-bond donors (Lipinski definition) is 1. The minimum atomic E-state index is -0.373. The smallest absolute Gasteiger partial charge is 0.304 e. The van der Waals surface area contributed by atoms with Crippen LogP contribution >= 0.6 is 0 Å². The molecule has 8 heteroatoms. The average Bonchev–Trinajstić information content (AvgIpc) is 3.30. The minimum absolute atomic E-state index is 0.00205. The first-order valence-corrected chi connectivity index (χ1v) is 10.5. The van der Waals surface area contributed by atoms with Gasteiger partial charge in [0.15, 0.2) is 11.1 Å². The van der Waals surface area contributed by atoms with Crippen LogP contribution in [-0.2, 0) is 0 Å². The number of ether oxygens (including phenoxy) is 1. The van der Waals surface area contributed by atoms with Gasteiger partial charge < -0.3 is 9.15 Å². The van der Waals surface area contributed by atoms with E-state index in [1.165, 1.54) is 12.5 Å². The number of H-pyrrole nitrogens is 1. The summed E-state index contributed by atoms with van der Waals surface area (Å²) in [6, 6.07) is 23.6. The second-order valence-corrected chi connectivity index (χ2v) is 7.60. The third-order valence-corrected chi connectivity index (χ3v) is 5.46. The van der Waals surface area contributed by atoms with E-state index in [-0.39, 0.29) is 17.0 Å². The van der Waals surface area contributed by atoms with E-state index in [0.29, 0.717) is 33.3 Å². The van der Waals surface area contributed by atoms with Crippen molar-refractivity contribution in [3.8, 4) is 28.6 Å². The Morgan fingerprint density at radius 1 is 0.882 bits per heavy atom. The Kier molecular flexibility index (Phi) is 4.55. The first kappa shape index (κ1) is 19.7. The van der Waals surface area contributed by atoms with Crippen molar-refractivity contribution < 1.29 is 9.15 Å². The Balaban J connectivity index is 1.39. The normalized spacial score (nSPS) is 11.2. The zero-order chi connectivity index (χ0) is 23.1. The van der Waals surface area contributed by atoms with Gasteiger partial charge in [0.05, 0.1) is 22.8 Å². The highest BCUT2D eigenvalue weighted by Crippen LogP contribution is 2.25. The second kappa shape index (κ2) is 7.86. The highest BCUT2D eigenvalue weighted by molar-refractivity contribution is 5.82. The standard InChI is InChI=1S/C26H16N4O4/c31-23-19-12-11-18(13-22(19)33-15-21(23)16-7-3-1-4-8-16)34-26-28-24-20(25(32)29-26)14-27-30(24)17-9-5-2-6-10-17/h1-15H,(H,28,29,32). The molecule has 0 saturated heterocycles. The molecule has 1 N–H and O–H groups in total. The Bertz CT molecular complexity index is 1770. The highest BCUT2D eigenvalue weighted by Gasteiger charge is 2.14. The summed E-state index contributed by atoms with van der Waals surface area (Å²) in [5.74, 6) is 0.358. The van der Waals surface area contributed by atoms with Gasteiger partial charge in [-0.2, -0.15) is 10.1 Å². The van der Waals surface area contributed by atoms with Crippen molar-refractivity contribution in [3.05, 3.63) is 112 Å². The molecule has 164 valence electrons. The topological polar surface area (TPSA) is 103 Å². The lowest BCUT2D eigenvalue weighted by Crippen LogP contribution is -2.10. The summed E-state index contributed by atoms with van der Waals surface area (Å²) in [7, 11) is 0. The van der Waals surface area contributed by atoms with E-state index >= 15 is 0 Å². The van der Waals surface area contributed by atoms with E-state index in [1.807, 2.05) is 60.7 Å². The third kappa shape index (κ3) is 3.34. The number of fused-ring (bicyclic) bond motifs is 2. The van der Waals surface area contributed by atoms with Crippen LogP contribution in [0.15, 0.2) is 105 Å². The Morgan fingerprint density at radius 3 is 2.44 bits per heavy atom. The molecule has 6 rings (SSSR count). The molecule has 0 bridgehead atoms. The van der Waals surface area contributed by atoms with Crippen LogP contribution in [0.1, 0.15) is 0 Å². The number of aromatic amines is 1. The summed E-state index contributed by atoms with van der Waals surface area (Å²) in [5.41, 5.74) is 2.24. The molecule has 0 saturated carbocycles. The summed E-state index contributed by atoms with van der Waals surface area (Å²) in [6.07, 6.45) is 2.90. The predicted octanol–water partition coefficient (Wildman–Crippen LogP) is 4.67. The highest BCUT2D eigenvalue weighted by atomic mass is 16.5. The molecular weight excluding hydrogens is 432 g/mol. The molecule has 8 nitrogen and oxygen atoms in total. The number of nitrogens with one attached hydrogen (secondary N) is 1. The lowest BCUT2D eigenvalue weighted by Gasteiger charge is -2.07. The number of nitrogens with zero attached hydrogens (tertiary/aromatic N) is 3. The lowest BCUT2D eigenvalue weighted by molar-refractivity contribution is 0.441. The van der Waals surface area contributed by atoms with E-state index in [1.54, 1.807) is 22.9 Å². The Hall–Kier alpha value is -4.98. The van der Waals surface area contributed by atoms with Crippen molar-refractivity contribution in [1.29, 1.82) is 0 Å². The summed E-state index contributed by atoms with van der Waals surface area (Å²) in [5, 5.41) is 5.05. The van der Waals surface area contributed by atoms with Crippen LogP contribution in [0, 0.1) is 0 Å². The van der Waals surface area contributed by atoms with Crippen molar-refractivity contribution in [2.24, 2.45) is 0 Å². The van der Waals surface area contributed by atoms with E-state index in [0.717, 1.165) is 11.3 Å². The number of benzene rings is 3. The molecule has 0 unspecified atom stereocenters. The molecule has 0 amide bonds. The molecule has 0 atom stereocenters. The maximum atomic E-state index is 13.0. The number of rotatable bonds is 4. The minimum Gasteiger partial charge on any atom is -0.463 e. The van der Waals surface area contributed by atoms with Gasteiger partial charge in [-0.15, -0.1) is 0 Å². The fraction of sp³-hybridized carbons (Fsp3) is 0. The molecule has 0 fully saturated rings. The van der Waals surface area contributed by atoms with Crippen LogP contribution in [0.25, 0.3) is 38.8 Å². The van der Waals surface area contributed by atoms with Gasteiger partial charge in [-0.1, -0.05) is 48.5 Å². The Morgan fingerprint density at radius 2 is 1.65 bits per heavy atom. The molecule has 3 aromatic carbocycles. The molecule has 3 heterocycles. The SMILES string of the molecule is O=c1c(-c2ccccc2)coc2cc(Oc3nc4c(cnn4-c4ccccc4)c(=O)[nH]3)ccc12. The largest absolute Gasteiger partial charge is 0.463 e. The zero-order valence-corrected chi connectivity index (χ0v) is 17.6.